The van der Waals surface area contributed by atoms with Crippen LogP contribution in [0.1, 0.15) is 17.5 Å². The molecule has 0 fully saturated rings. The summed E-state index contributed by atoms with van der Waals surface area (Å²) in [6, 6.07) is 14.4. The van der Waals surface area contributed by atoms with E-state index < -0.39 is 12.0 Å². The number of aromatic nitrogens is 1. The molecular formula is C21H23N3O3. The Bertz CT molecular complexity index is 931. The SMILES string of the molecule is Cc1ccc(NC(=O)C[C@H](NCCc2c[nH]c3ccccc23)C(=O)O)cc1. The van der Waals surface area contributed by atoms with Gasteiger partial charge >= 0.3 is 5.97 Å². The number of carboxylic acids is 1. The number of carbonyl (C=O) groups is 2. The fourth-order valence-corrected chi connectivity index (χ4v) is 3.00. The Morgan fingerprint density at radius 3 is 2.59 bits per heavy atom. The van der Waals surface area contributed by atoms with E-state index in [1.807, 2.05) is 49.5 Å². The van der Waals surface area contributed by atoms with Gasteiger partial charge in [0, 0.05) is 29.3 Å². The lowest BCUT2D eigenvalue weighted by molar-refractivity contribution is -0.141. The van der Waals surface area contributed by atoms with Gasteiger partial charge in [-0.3, -0.25) is 9.59 Å². The molecule has 1 heterocycles. The zero-order chi connectivity index (χ0) is 19.2. The summed E-state index contributed by atoms with van der Waals surface area (Å²) in [5.74, 6) is -1.36. The maximum absolute atomic E-state index is 12.2. The van der Waals surface area contributed by atoms with Crippen LogP contribution in [0, 0.1) is 6.92 Å². The number of nitrogens with one attached hydrogen (secondary N) is 3. The number of amides is 1. The second-order valence-electron chi connectivity index (χ2n) is 6.57. The molecule has 1 atom stereocenters. The molecule has 6 heteroatoms. The molecule has 3 aromatic rings. The summed E-state index contributed by atoms with van der Waals surface area (Å²) in [6.07, 6.45) is 2.48. The number of aromatic amines is 1. The van der Waals surface area contributed by atoms with Gasteiger partial charge in [-0.15, -0.1) is 0 Å². The Balaban J connectivity index is 1.53. The van der Waals surface area contributed by atoms with Crippen LogP contribution < -0.4 is 10.6 Å². The highest BCUT2D eigenvalue weighted by Gasteiger charge is 2.20. The minimum Gasteiger partial charge on any atom is -0.480 e. The molecule has 0 aliphatic carbocycles. The molecule has 1 aromatic heterocycles. The first-order chi connectivity index (χ1) is 13.0. The smallest absolute Gasteiger partial charge is 0.321 e. The van der Waals surface area contributed by atoms with Crippen molar-refractivity contribution in [2.45, 2.75) is 25.8 Å². The molecule has 0 radical (unpaired) electrons. The van der Waals surface area contributed by atoms with Gasteiger partial charge in [0.2, 0.25) is 5.91 Å². The number of rotatable bonds is 8. The average Bonchev–Trinajstić information content (AvgIpc) is 3.06. The van der Waals surface area contributed by atoms with E-state index in [2.05, 4.69) is 15.6 Å². The summed E-state index contributed by atoms with van der Waals surface area (Å²) in [5, 5.41) is 16.2. The molecule has 0 aliphatic heterocycles. The Hall–Kier alpha value is -3.12. The zero-order valence-corrected chi connectivity index (χ0v) is 15.2. The van der Waals surface area contributed by atoms with E-state index in [4.69, 9.17) is 0 Å². The van der Waals surface area contributed by atoms with Crippen molar-refractivity contribution >= 4 is 28.5 Å². The van der Waals surface area contributed by atoms with Crippen LogP contribution in [0.15, 0.2) is 54.7 Å². The lowest BCUT2D eigenvalue weighted by Gasteiger charge is -2.14. The minimum atomic E-state index is -1.03. The first-order valence-corrected chi connectivity index (χ1v) is 8.90. The maximum Gasteiger partial charge on any atom is 0.321 e. The summed E-state index contributed by atoms with van der Waals surface area (Å²) in [4.78, 5) is 26.9. The van der Waals surface area contributed by atoms with Crippen molar-refractivity contribution in [3.8, 4) is 0 Å². The highest BCUT2D eigenvalue weighted by Crippen LogP contribution is 2.17. The number of benzene rings is 2. The molecule has 6 nitrogen and oxygen atoms in total. The molecule has 0 unspecified atom stereocenters. The van der Waals surface area contributed by atoms with E-state index in [-0.39, 0.29) is 12.3 Å². The van der Waals surface area contributed by atoms with Crippen molar-refractivity contribution in [3.05, 3.63) is 65.9 Å². The fraction of sp³-hybridized carbons (Fsp3) is 0.238. The first kappa shape index (κ1) is 18.7. The number of hydrogen-bond donors (Lipinski definition) is 4. The number of H-pyrrole nitrogens is 1. The van der Waals surface area contributed by atoms with E-state index in [0.717, 1.165) is 22.0 Å². The molecule has 0 saturated heterocycles. The van der Waals surface area contributed by atoms with Gasteiger partial charge in [0.15, 0.2) is 0 Å². The van der Waals surface area contributed by atoms with Gasteiger partial charge in [0.05, 0.1) is 6.42 Å². The summed E-state index contributed by atoms with van der Waals surface area (Å²) < 4.78 is 0. The standard InChI is InChI=1S/C21H23N3O3/c1-14-6-8-16(9-7-14)24-20(25)12-19(21(26)27)22-11-10-15-13-23-18-5-3-2-4-17(15)18/h2-9,13,19,22-23H,10-12H2,1H3,(H,24,25)(H,26,27)/t19-/m0/s1. The van der Waals surface area contributed by atoms with Crippen molar-refractivity contribution < 1.29 is 14.7 Å². The maximum atomic E-state index is 12.2. The van der Waals surface area contributed by atoms with Crippen LogP contribution in [-0.4, -0.2) is 34.6 Å². The van der Waals surface area contributed by atoms with Gasteiger partial charge < -0.3 is 20.7 Å². The molecule has 0 bridgehead atoms. The number of hydrogen-bond acceptors (Lipinski definition) is 3. The average molecular weight is 365 g/mol. The number of aryl methyl sites for hydroxylation is 1. The second-order valence-corrected chi connectivity index (χ2v) is 6.57. The van der Waals surface area contributed by atoms with Crippen LogP contribution in [0.4, 0.5) is 5.69 Å². The fourth-order valence-electron chi connectivity index (χ4n) is 3.00. The van der Waals surface area contributed by atoms with Gasteiger partial charge in [0.1, 0.15) is 6.04 Å². The normalized spacial score (nSPS) is 12.0. The van der Waals surface area contributed by atoms with Crippen LogP contribution in [0.25, 0.3) is 10.9 Å². The highest BCUT2D eigenvalue weighted by atomic mass is 16.4. The Kier molecular flexibility index (Phi) is 5.88. The number of aliphatic carboxylic acids is 1. The van der Waals surface area contributed by atoms with Crippen molar-refractivity contribution in [3.63, 3.8) is 0 Å². The van der Waals surface area contributed by atoms with E-state index in [0.29, 0.717) is 18.7 Å². The van der Waals surface area contributed by atoms with Crippen molar-refractivity contribution in [2.75, 3.05) is 11.9 Å². The quantitative estimate of drug-likeness (QED) is 0.493. The topological polar surface area (TPSA) is 94.2 Å². The monoisotopic (exact) mass is 365 g/mol. The molecule has 0 saturated carbocycles. The highest BCUT2D eigenvalue weighted by molar-refractivity contribution is 5.94. The van der Waals surface area contributed by atoms with Crippen LogP contribution in [0.2, 0.25) is 0 Å². The molecule has 2 aromatic carbocycles. The molecule has 4 N–H and O–H groups in total. The van der Waals surface area contributed by atoms with Gasteiger partial charge in [-0.2, -0.15) is 0 Å². The molecular weight excluding hydrogens is 342 g/mol. The zero-order valence-electron chi connectivity index (χ0n) is 15.2. The number of fused-ring (bicyclic) bond motifs is 1. The molecule has 0 aliphatic rings. The lowest BCUT2D eigenvalue weighted by Crippen LogP contribution is -2.40. The third-order valence-corrected chi connectivity index (χ3v) is 4.48. The van der Waals surface area contributed by atoms with Crippen molar-refractivity contribution in [1.29, 1.82) is 0 Å². The summed E-state index contributed by atoms with van der Waals surface area (Å²) >= 11 is 0. The Labute approximate surface area is 157 Å². The minimum absolute atomic E-state index is 0.128. The van der Waals surface area contributed by atoms with E-state index >= 15 is 0 Å². The van der Waals surface area contributed by atoms with E-state index in [9.17, 15) is 14.7 Å². The third kappa shape index (κ3) is 4.95. The predicted molar refractivity (Wildman–Crippen MR) is 106 cm³/mol. The van der Waals surface area contributed by atoms with Gasteiger partial charge in [-0.1, -0.05) is 35.9 Å². The van der Waals surface area contributed by atoms with Crippen LogP contribution >= 0.6 is 0 Å². The molecule has 27 heavy (non-hydrogen) atoms. The van der Waals surface area contributed by atoms with Crippen molar-refractivity contribution in [2.24, 2.45) is 0 Å². The summed E-state index contributed by atoms with van der Waals surface area (Å²) in [6.45, 7) is 2.43. The number of para-hydroxylation sites is 1. The predicted octanol–water partition coefficient (Wildman–Crippen LogP) is 3.09. The largest absolute Gasteiger partial charge is 0.480 e. The molecule has 0 spiro atoms. The number of carbonyl (C=O) groups excluding carboxylic acids is 1. The van der Waals surface area contributed by atoms with Crippen LogP contribution in [0.5, 0.6) is 0 Å². The number of carboxylic acid groups (broad SMARTS) is 1. The lowest BCUT2D eigenvalue weighted by atomic mass is 10.1. The summed E-state index contributed by atoms with van der Waals surface area (Å²) in [5.41, 5.74) is 3.93. The van der Waals surface area contributed by atoms with Gasteiger partial charge in [-0.25, -0.2) is 0 Å². The third-order valence-electron chi connectivity index (χ3n) is 4.48. The van der Waals surface area contributed by atoms with Gasteiger partial charge in [0.25, 0.3) is 0 Å². The van der Waals surface area contributed by atoms with Gasteiger partial charge in [-0.05, 0) is 37.1 Å². The van der Waals surface area contributed by atoms with Crippen LogP contribution in [0.3, 0.4) is 0 Å². The summed E-state index contributed by atoms with van der Waals surface area (Å²) in [7, 11) is 0. The second kappa shape index (κ2) is 8.51. The molecule has 3 rings (SSSR count). The van der Waals surface area contributed by atoms with Crippen molar-refractivity contribution in [1.82, 2.24) is 10.3 Å². The van der Waals surface area contributed by atoms with E-state index in [1.165, 1.54) is 0 Å². The Morgan fingerprint density at radius 2 is 1.85 bits per heavy atom. The Morgan fingerprint density at radius 1 is 1.11 bits per heavy atom. The van der Waals surface area contributed by atoms with E-state index in [1.54, 1.807) is 12.1 Å². The number of anilines is 1. The first-order valence-electron chi connectivity index (χ1n) is 8.90. The molecule has 140 valence electrons. The molecule has 1 amide bonds. The van der Waals surface area contributed by atoms with Crippen LogP contribution in [-0.2, 0) is 16.0 Å².